The van der Waals surface area contributed by atoms with E-state index in [4.69, 9.17) is 23.2 Å². The molecule has 0 radical (unpaired) electrons. The van der Waals surface area contributed by atoms with Crippen molar-refractivity contribution in [3.8, 4) is 0 Å². The molecule has 130 valence electrons. The fourth-order valence-corrected chi connectivity index (χ4v) is 2.93. The van der Waals surface area contributed by atoms with Gasteiger partial charge in [-0.25, -0.2) is 0 Å². The molecule has 25 heavy (non-hydrogen) atoms. The summed E-state index contributed by atoms with van der Waals surface area (Å²) in [6.07, 6.45) is 2.88. The monoisotopic (exact) mass is 376 g/mol. The van der Waals surface area contributed by atoms with Crippen molar-refractivity contribution in [1.29, 1.82) is 0 Å². The zero-order chi connectivity index (χ0) is 17.8. The summed E-state index contributed by atoms with van der Waals surface area (Å²) in [5.74, 6) is -0.239. The van der Waals surface area contributed by atoms with Gasteiger partial charge in [0.05, 0.1) is 0 Å². The second kappa shape index (κ2) is 7.89. The van der Waals surface area contributed by atoms with Gasteiger partial charge in [-0.2, -0.15) is 0 Å². The number of hydrogen-bond acceptors (Lipinski definition) is 2. The van der Waals surface area contributed by atoms with E-state index in [0.717, 1.165) is 18.4 Å². The molecule has 2 aromatic rings. The quantitative estimate of drug-likeness (QED) is 0.781. The summed E-state index contributed by atoms with van der Waals surface area (Å²) in [5, 5.41) is 6.87. The summed E-state index contributed by atoms with van der Waals surface area (Å²) in [6.45, 7) is 0. The van der Waals surface area contributed by atoms with Gasteiger partial charge in [-0.15, -0.1) is 0 Å². The standard InChI is InChI=1S/C19H18Cl2N2O2/c20-14-6-4-12(17(21)11-14)5-9-18(24)22-16-3-1-2-13(10-16)19(25)23-15-7-8-15/h1-4,6,10-11,15H,5,7-9H2,(H,22,24)(H,23,25). The molecule has 2 N–H and O–H groups in total. The fraction of sp³-hybridized carbons (Fsp3) is 0.263. The first-order chi connectivity index (χ1) is 12.0. The Morgan fingerprint density at radius 2 is 1.88 bits per heavy atom. The van der Waals surface area contributed by atoms with E-state index in [0.29, 0.717) is 40.2 Å². The van der Waals surface area contributed by atoms with Crippen LogP contribution in [0, 0.1) is 0 Å². The number of anilines is 1. The Balaban J connectivity index is 1.56. The van der Waals surface area contributed by atoms with E-state index in [-0.39, 0.29) is 11.8 Å². The van der Waals surface area contributed by atoms with Gasteiger partial charge in [-0.05, 0) is 55.2 Å². The zero-order valence-corrected chi connectivity index (χ0v) is 15.0. The maximum absolute atomic E-state index is 12.2. The van der Waals surface area contributed by atoms with Crippen molar-refractivity contribution in [2.24, 2.45) is 0 Å². The highest BCUT2D eigenvalue weighted by Gasteiger charge is 2.23. The Kier molecular flexibility index (Phi) is 5.61. The third-order valence-electron chi connectivity index (χ3n) is 3.96. The molecule has 6 heteroatoms. The molecule has 0 aliphatic heterocycles. The molecule has 1 saturated carbocycles. The molecule has 2 amide bonds. The van der Waals surface area contributed by atoms with E-state index in [2.05, 4.69) is 10.6 Å². The van der Waals surface area contributed by atoms with Gasteiger partial charge < -0.3 is 10.6 Å². The van der Waals surface area contributed by atoms with E-state index in [9.17, 15) is 9.59 Å². The second-order valence-corrected chi connectivity index (χ2v) is 6.96. The average Bonchev–Trinajstić information content (AvgIpc) is 3.38. The van der Waals surface area contributed by atoms with E-state index in [1.807, 2.05) is 6.07 Å². The van der Waals surface area contributed by atoms with E-state index >= 15 is 0 Å². The molecule has 0 spiro atoms. The lowest BCUT2D eigenvalue weighted by molar-refractivity contribution is -0.116. The van der Waals surface area contributed by atoms with Crippen LogP contribution in [0.25, 0.3) is 0 Å². The molecule has 0 atom stereocenters. The number of aryl methyl sites for hydroxylation is 1. The minimum atomic E-state index is -0.134. The topological polar surface area (TPSA) is 58.2 Å². The highest BCUT2D eigenvalue weighted by molar-refractivity contribution is 6.35. The predicted octanol–water partition coefficient (Wildman–Crippen LogP) is 4.46. The summed E-state index contributed by atoms with van der Waals surface area (Å²) >= 11 is 12.0. The first-order valence-corrected chi connectivity index (χ1v) is 8.91. The minimum Gasteiger partial charge on any atom is -0.349 e. The Hall–Kier alpha value is -2.04. The molecule has 0 unspecified atom stereocenters. The molecule has 1 aliphatic carbocycles. The van der Waals surface area contributed by atoms with Crippen molar-refractivity contribution in [3.63, 3.8) is 0 Å². The Morgan fingerprint density at radius 1 is 1.08 bits per heavy atom. The molecule has 1 aliphatic rings. The van der Waals surface area contributed by atoms with Crippen molar-refractivity contribution in [2.75, 3.05) is 5.32 Å². The Labute approximate surface area is 156 Å². The highest BCUT2D eigenvalue weighted by atomic mass is 35.5. The Bertz CT molecular complexity index is 804. The van der Waals surface area contributed by atoms with E-state index < -0.39 is 0 Å². The van der Waals surface area contributed by atoms with Crippen LogP contribution in [0.4, 0.5) is 5.69 Å². The molecular formula is C19H18Cl2N2O2. The lowest BCUT2D eigenvalue weighted by Crippen LogP contribution is -2.25. The third-order valence-corrected chi connectivity index (χ3v) is 4.54. The number of hydrogen-bond donors (Lipinski definition) is 2. The minimum absolute atomic E-state index is 0.105. The van der Waals surface area contributed by atoms with Crippen LogP contribution in [0.5, 0.6) is 0 Å². The lowest BCUT2D eigenvalue weighted by atomic mass is 10.1. The molecule has 0 bridgehead atoms. The van der Waals surface area contributed by atoms with Gasteiger partial charge in [-0.1, -0.05) is 35.3 Å². The Morgan fingerprint density at radius 3 is 2.60 bits per heavy atom. The largest absolute Gasteiger partial charge is 0.349 e. The normalized spacial score (nSPS) is 13.4. The van der Waals surface area contributed by atoms with Gasteiger partial charge in [0.25, 0.3) is 5.91 Å². The average molecular weight is 377 g/mol. The van der Waals surface area contributed by atoms with Crippen LogP contribution in [0.1, 0.15) is 35.2 Å². The van der Waals surface area contributed by atoms with Crippen molar-refractivity contribution in [3.05, 3.63) is 63.6 Å². The first-order valence-electron chi connectivity index (χ1n) is 8.16. The van der Waals surface area contributed by atoms with Crippen molar-refractivity contribution >= 4 is 40.7 Å². The third kappa shape index (κ3) is 5.21. The van der Waals surface area contributed by atoms with Gasteiger partial charge in [0.1, 0.15) is 0 Å². The molecule has 4 nitrogen and oxygen atoms in total. The summed E-state index contributed by atoms with van der Waals surface area (Å²) < 4.78 is 0. The van der Waals surface area contributed by atoms with E-state index in [1.54, 1.807) is 36.4 Å². The van der Waals surface area contributed by atoms with Gasteiger partial charge in [-0.3, -0.25) is 9.59 Å². The molecular weight excluding hydrogens is 359 g/mol. The van der Waals surface area contributed by atoms with Gasteiger partial charge in [0.2, 0.25) is 5.91 Å². The number of carbonyl (C=O) groups is 2. The van der Waals surface area contributed by atoms with Gasteiger partial charge in [0.15, 0.2) is 0 Å². The molecule has 3 rings (SSSR count). The van der Waals surface area contributed by atoms with Crippen molar-refractivity contribution in [2.45, 2.75) is 31.7 Å². The first kappa shape index (κ1) is 17.8. The smallest absolute Gasteiger partial charge is 0.251 e. The van der Waals surface area contributed by atoms with Gasteiger partial charge >= 0.3 is 0 Å². The van der Waals surface area contributed by atoms with Crippen LogP contribution in [0.2, 0.25) is 10.0 Å². The molecule has 1 fully saturated rings. The van der Waals surface area contributed by atoms with Crippen LogP contribution in [0.15, 0.2) is 42.5 Å². The zero-order valence-electron chi connectivity index (χ0n) is 13.5. The van der Waals surface area contributed by atoms with Crippen molar-refractivity contribution in [1.82, 2.24) is 5.32 Å². The maximum atomic E-state index is 12.2. The predicted molar refractivity (Wildman–Crippen MR) is 100 cm³/mol. The second-order valence-electron chi connectivity index (χ2n) is 6.11. The number of benzene rings is 2. The molecule has 0 heterocycles. The van der Waals surface area contributed by atoms with Crippen LogP contribution in [-0.2, 0) is 11.2 Å². The highest BCUT2D eigenvalue weighted by Crippen LogP contribution is 2.22. The maximum Gasteiger partial charge on any atom is 0.251 e. The number of amides is 2. The summed E-state index contributed by atoms with van der Waals surface area (Å²) in [4.78, 5) is 24.2. The lowest BCUT2D eigenvalue weighted by Gasteiger charge is -2.09. The van der Waals surface area contributed by atoms with E-state index in [1.165, 1.54) is 0 Å². The van der Waals surface area contributed by atoms with Crippen LogP contribution < -0.4 is 10.6 Å². The van der Waals surface area contributed by atoms with Gasteiger partial charge in [0, 0.05) is 33.8 Å². The summed E-state index contributed by atoms with van der Waals surface area (Å²) in [6, 6.07) is 12.5. The summed E-state index contributed by atoms with van der Waals surface area (Å²) in [7, 11) is 0. The van der Waals surface area contributed by atoms with Crippen LogP contribution in [0.3, 0.4) is 0 Å². The number of rotatable bonds is 6. The van der Waals surface area contributed by atoms with Crippen LogP contribution >= 0.6 is 23.2 Å². The summed E-state index contributed by atoms with van der Waals surface area (Å²) in [5.41, 5.74) is 2.03. The fourth-order valence-electron chi connectivity index (χ4n) is 2.43. The van der Waals surface area contributed by atoms with Crippen LogP contribution in [-0.4, -0.2) is 17.9 Å². The van der Waals surface area contributed by atoms with Crippen molar-refractivity contribution < 1.29 is 9.59 Å². The number of halogens is 2. The SMILES string of the molecule is O=C(CCc1ccc(Cl)cc1Cl)Nc1cccc(C(=O)NC2CC2)c1. The molecule has 0 aromatic heterocycles. The number of carbonyl (C=O) groups excluding carboxylic acids is 2. The molecule has 0 saturated heterocycles. The molecule has 2 aromatic carbocycles. The number of nitrogens with one attached hydrogen (secondary N) is 2.